The van der Waals surface area contributed by atoms with E-state index in [4.69, 9.17) is 10.5 Å². The fourth-order valence-corrected chi connectivity index (χ4v) is 3.62. The van der Waals surface area contributed by atoms with Gasteiger partial charge in [0.25, 0.3) is 0 Å². The van der Waals surface area contributed by atoms with Crippen molar-refractivity contribution in [3.63, 3.8) is 0 Å². The zero-order valence-electron chi connectivity index (χ0n) is 14.0. The number of hydrogen-bond donors (Lipinski definition) is 1. The van der Waals surface area contributed by atoms with Crippen molar-refractivity contribution in [3.05, 3.63) is 70.8 Å². The van der Waals surface area contributed by atoms with Gasteiger partial charge in [0.05, 0.1) is 11.3 Å². The number of carbonyl (C=O) groups excluding carboxylic acids is 1. The molecule has 7 heteroatoms. The highest BCUT2D eigenvalue weighted by Gasteiger charge is 2.20. The molecule has 4 rings (SSSR count). The van der Waals surface area contributed by atoms with Gasteiger partial charge in [0.1, 0.15) is 17.7 Å². The Bertz CT molecular complexity index is 1060. The number of carbonyl (C=O) groups is 1. The summed E-state index contributed by atoms with van der Waals surface area (Å²) in [7, 11) is 1.92. The summed E-state index contributed by atoms with van der Waals surface area (Å²) in [6.07, 6.45) is 3.39. The van der Waals surface area contributed by atoms with Crippen molar-refractivity contribution in [3.8, 4) is 11.6 Å². The number of primary amides is 1. The molecule has 6 nitrogen and oxygen atoms in total. The molecule has 0 spiro atoms. The fraction of sp³-hybridized carbons (Fsp3) is 0.105. The van der Waals surface area contributed by atoms with E-state index in [-0.39, 0.29) is 5.91 Å². The minimum Gasteiger partial charge on any atom is -0.438 e. The number of hydrogen-bond acceptors (Lipinski definition) is 5. The van der Waals surface area contributed by atoms with Gasteiger partial charge in [-0.1, -0.05) is 12.1 Å². The standard InChI is InChI=1S/C19H16N4O2S/c1-23-8-6-15-18(23)21-11-22-19(15)25-14-4-2-12(3-5-14)16(17(20)24)13-7-9-26-10-13/h2-11,16H,1H3,(H2,20,24). The summed E-state index contributed by atoms with van der Waals surface area (Å²) < 4.78 is 7.82. The summed E-state index contributed by atoms with van der Waals surface area (Å²) in [5.41, 5.74) is 8.14. The van der Waals surface area contributed by atoms with Crippen molar-refractivity contribution >= 4 is 28.3 Å². The number of ether oxygens (including phenoxy) is 1. The van der Waals surface area contributed by atoms with Crippen LogP contribution in [0.15, 0.2) is 59.7 Å². The minimum absolute atomic E-state index is 0.376. The van der Waals surface area contributed by atoms with E-state index in [1.807, 2.05) is 65.0 Å². The second-order valence-electron chi connectivity index (χ2n) is 5.91. The number of nitrogens with two attached hydrogens (primary N) is 1. The highest BCUT2D eigenvalue weighted by molar-refractivity contribution is 7.08. The van der Waals surface area contributed by atoms with Crippen molar-refractivity contribution in [1.29, 1.82) is 0 Å². The average Bonchev–Trinajstić information content (AvgIpc) is 3.28. The third-order valence-electron chi connectivity index (χ3n) is 4.21. The molecular weight excluding hydrogens is 348 g/mol. The molecule has 0 saturated heterocycles. The van der Waals surface area contributed by atoms with Crippen molar-refractivity contribution < 1.29 is 9.53 Å². The lowest BCUT2D eigenvalue weighted by atomic mass is 9.93. The Morgan fingerprint density at radius 3 is 2.65 bits per heavy atom. The number of rotatable bonds is 5. The van der Waals surface area contributed by atoms with Crippen molar-refractivity contribution in [2.75, 3.05) is 0 Å². The Labute approximate surface area is 153 Å². The number of thiophene rings is 1. The first kappa shape index (κ1) is 16.3. The number of fused-ring (bicyclic) bond motifs is 1. The topological polar surface area (TPSA) is 83.0 Å². The molecule has 0 aliphatic heterocycles. The van der Waals surface area contributed by atoms with Gasteiger partial charge in [-0.3, -0.25) is 4.79 Å². The van der Waals surface area contributed by atoms with Gasteiger partial charge < -0.3 is 15.0 Å². The first-order valence-corrected chi connectivity index (χ1v) is 8.93. The Hall–Kier alpha value is -3.19. The number of aromatic nitrogens is 3. The molecule has 0 radical (unpaired) electrons. The zero-order chi connectivity index (χ0) is 18.1. The van der Waals surface area contributed by atoms with Crippen LogP contribution in [0.25, 0.3) is 11.0 Å². The Morgan fingerprint density at radius 1 is 1.15 bits per heavy atom. The monoisotopic (exact) mass is 364 g/mol. The third kappa shape index (κ3) is 2.93. The summed E-state index contributed by atoms with van der Waals surface area (Å²) in [4.78, 5) is 20.4. The summed E-state index contributed by atoms with van der Waals surface area (Å²) >= 11 is 1.54. The van der Waals surface area contributed by atoms with Crippen molar-refractivity contribution in [1.82, 2.24) is 14.5 Å². The maximum atomic E-state index is 11.9. The van der Waals surface area contributed by atoms with Gasteiger partial charge in [-0.25, -0.2) is 9.97 Å². The van der Waals surface area contributed by atoms with E-state index in [1.165, 1.54) is 17.7 Å². The van der Waals surface area contributed by atoms with E-state index in [1.54, 1.807) is 0 Å². The van der Waals surface area contributed by atoms with Gasteiger partial charge in [-0.15, -0.1) is 0 Å². The van der Waals surface area contributed by atoms with Crippen LogP contribution < -0.4 is 10.5 Å². The predicted molar refractivity (Wildman–Crippen MR) is 100 cm³/mol. The molecule has 0 fully saturated rings. The third-order valence-corrected chi connectivity index (χ3v) is 4.92. The van der Waals surface area contributed by atoms with Crippen LogP contribution in [0.4, 0.5) is 0 Å². The SMILES string of the molecule is Cn1ccc2c(Oc3ccc(C(C(N)=O)c4ccsc4)cc3)ncnc21. The maximum absolute atomic E-state index is 11.9. The van der Waals surface area contributed by atoms with Crippen LogP contribution >= 0.6 is 11.3 Å². The van der Waals surface area contributed by atoms with E-state index in [9.17, 15) is 4.79 Å². The summed E-state index contributed by atoms with van der Waals surface area (Å²) in [6.45, 7) is 0. The Balaban J connectivity index is 1.62. The largest absolute Gasteiger partial charge is 0.438 e. The van der Waals surface area contributed by atoms with Crippen molar-refractivity contribution in [2.45, 2.75) is 5.92 Å². The van der Waals surface area contributed by atoms with E-state index in [0.717, 1.165) is 22.2 Å². The van der Waals surface area contributed by atoms with Crippen LogP contribution in [0.1, 0.15) is 17.0 Å². The first-order valence-electron chi connectivity index (χ1n) is 7.99. The summed E-state index contributed by atoms with van der Waals surface area (Å²) in [6, 6.07) is 11.2. The molecule has 0 aliphatic rings. The molecule has 3 heterocycles. The molecular formula is C19H16N4O2S. The van der Waals surface area contributed by atoms with Crippen molar-refractivity contribution in [2.24, 2.45) is 12.8 Å². The molecule has 130 valence electrons. The summed E-state index contributed by atoms with van der Waals surface area (Å²) in [5, 5.41) is 4.71. The van der Waals surface area contributed by atoms with Gasteiger partial charge in [-0.2, -0.15) is 11.3 Å². The van der Waals surface area contributed by atoms with Gasteiger partial charge in [-0.05, 0) is 46.2 Å². The van der Waals surface area contributed by atoms with Crippen LogP contribution in [-0.2, 0) is 11.8 Å². The summed E-state index contributed by atoms with van der Waals surface area (Å²) in [5.74, 6) is 0.285. The number of benzene rings is 1. The molecule has 26 heavy (non-hydrogen) atoms. The molecule has 1 unspecified atom stereocenters. The highest BCUT2D eigenvalue weighted by atomic mass is 32.1. The maximum Gasteiger partial charge on any atom is 0.231 e. The molecule has 1 atom stereocenters. The van der Waals surface area contributed by atoms with Gasteiger partial charge in [0, 0.05) is 13.2 Å². The number of amides is 1. The lowest BCUT2D eigenvalue weighted by Gasteiger charge is -2.13. The van der Waals surface area contributed by atoms with E-state index >= 15 is 0 Å². The van der Waals surface area contributed by atoms with Crippen LogP contribution in [0.5, 0.6) is 11.6 Å². The lowest BCUT2D eigenvalue weighted by Crippen LogP contribution is -2.21. The Kier molecular flexibility index (Phi) is 4.14. The minimum atomic E-state index is -0.463. The number of aryl methyl sites for hydroxylation is 1. The smallest absolute Gasteiger partial charge is 0.231 e. The van der Waals surface area contributed by atoms with Gasteiger partial charge in [0.15, 0.2) is 0 Å². The fourth-order valence-electron chi connectivity index (χ4n) is 2.94. The van der Waals surface area contributed by atoms with E-state index in [2.05, 4.69) is 9.97 Å². The van der Waals surface area contributed by atoms with Crippen LogP contribution in [0.2, 0.25) is 0 Å². The molecule has 0 aliphatic carbocycles. The first-order chi connectivity index (χ1) is 12.6. The predicted octanol–water partition coefficient (Wildman–Crippen LogP) is 3.44. The highest BCUT2D eigenvalue weighted by Crippen LogP contribution is 2.30. The van der Waals surface area contributed by atoms with Crippen LogP contribution in [0.3, 0.4) is 0 Å². The average molecular weight is 364 g/mol. The lowest BCUT2D eigenvalue weighted by molar-refractivity contribution is -0.118. The molecule has 1 amide bonds. The van der Waals surface area contributed by atoms with Gasteiger partial charge >= 0.3 is 0 Å². The molecule has 3 aromatic heterocycles. The second kappa shape index (κ2) is 6.61. The zero-order valence-corrected chi connectivity index (χ0v) is 14.8. The molecule has 1 aromatic carbocycles. The quantitative estimate of drug-likeness (QED) is 0.588. The molecule has 0 bridgehead atoms. The van der Waals surface area contributed by atoms with Gasteiger partial charge in [0.2, 0.25) is 11.8 Å². The second-order valence-corrected chi connectivity index (χ2v) is 6.69. The molecule has 2 N–H and O–H groups in total. The Morgan fingerprint density at radius 2 is 1.96 bits per heavy atom. The number of nitrogens with zero attached hydrogens (tertiary/aromatic N) is 3. The van der Waals surface area contributed by atoms with E-state index in [0.29, 0.717) is 11.6 Å². The molecule has 4 aromatic rings. The van der Waals surface area contributed by atoms with E-state index < -0.39 is 5.92 Å². The normalized spacial score (nSPS) is 12.2. The molecule has 0 saturated carbocycles. The van der Waals surface area contributed by atoms with Crippen LogP contribution in [0, 0.1) is 0 Å². The van der Waals surface area contributed by atoms with Crippen LogP contribution in [-0.4, -0.2) is 20.4 Å².